The number of hydrogen-bond acceptors (Lipinski definition) is 1. The standard InChI is InChI=1S/C11H8Cl2FN/c1-2-8-10(14)6-4-3-5-7(12)9(6)11(13)15-8/h3-5H,2H2,1H3. The number of halogens is 3. The average molecular weight is 244 g/mol. The molecule has 1 aromatic carbocycles. The Hall–Kier alpha value is -0.860. The van der Waals surface area contributed by atoms with Gasteiger partial charge in [-0.15, -0.1) is 0 Å². The van der Waals surface area contributed by atoms with Crippen molar-refractivity contribution in [3.05, 3.63) is 39.9 Å². The highest BCUT2D eigenvalue weighted by atomic mass is 35.5. The van der Waals surface area contributed by atoms with Crippen molar-refractivity contribution in [2.75, 3.05) is 0 Å². The first-order chi connectivity index (χ1) is 7.15. The van der Waals surface area contributed by atoms with Crippen LogP contribution in [0.15, 0.2) is 18.2 Å². The molecule has 0 fully saturated rings. The van der Waals surface area contributed by atoms with Crippen LogP contribution < -0.4 is 0 Å². The molecule has 0 radical (unpaired) electrons. The molecule has 0 aliphatic rings. The average Bonchev–Trinajstić information content (AvgIpc) is 2.23. The van der Waals surface area contributed by atoms with Gasteiger partial charge in [-0.3, -0.25) is 0 Å². The molecule has 0 atom stereocenters. The van der Waals surface area contributed by atoms with Gasteiger partial charge >= 0.3 is 0 Å². The third-order valence-corrected chi connectivity index (χ3v) is 2.87. The Labute approximate surface area is 96.8 Å². The maximum atomic E-state index is 13.8. The third-order valence-electron chi connectivity index (χ3n) is 2.28. The topological polar surface area (TPSA) is 12.9 Å². The van der Waals surface area contributed by atoms with Crippen LogP contribution in [0.1, 0.15) is 12.6 Å². The van der Waals surface area contributed by atoms with Crippen molar-refractivity contribution >= 4 is 34.0 Å². The van der Waals surface area contributed by atoms with Gasteiger partial charge in [-0.05, 0) is 12.5 Å². The molecule has 1 heterocycles. The zero-order valence-corrected chi connectivity index (χ0v) is 9.53. The molecular formula is C11H8Cl2FN. The van der Waals surface area contributed by atoms with E-state index in [0.717, 1.165) is 0 Å². The Bertz CT molecular complexity index is 525. The number of fused-ring (bicyclic) bond motifs is 1. The lowest BCUT2D eigenvalue weighted by Crippen LogP contribution is -1.96. The SMILES string of the molecule is CCc1nc(Cl)c2c(Cl)cccc2c1F. The monoisotopic (exact) mass is 243 g/mol. The summed E-state index contributed by atoms with van der Waals surface area (Å²) in [6.07, 6.45) is 0.508. The van der Waals surface area contributed by atoms with Gasteiger partial charge in [0.15, 0.2) is 5.82 Å². The molecule has 0 saturated heterocycles. The summed E-state index contributed by atoms with van der Waals surface area (Å²) >= 11 is 11.9. The molecule has 0 aliphatic carbocycles. The molecule has 2 aromatic rings. The van der Waals surface area contributed by atoms with E-state index in [2.05, 4.69) is 4.98 Å². The Kier molecular flexibility index (Phi) is 2.81. The van der Waals surface area contributed by atoms with Crippen molar-refractivity contribution in [1.29, 1.82) is 0 Å². The van der Waals surface area contributed by atoms with Gasteiger partial charge in [0.05, 0.1) is 10.7 Å². The molecule has 15 heavy (non-hydrogen) atoms. The molecule has 0 saturated carbocycles. The van der Waals surface area contributed by atoms with E-state index < -0.39 is 0 Å². The van der Waals surface area contributed by atoms with Gasteiger partial charge in [0.25, 0.3) is 0 Å². The van der Waals surface area contributed by atoms with Crippen LogP contribution in [0, 0.1) is 5.82 Å². The van der Waals surface area contributed by atoms with E-state index in [0.29, 0.717) is 27.9 Å². The van der Waals surface area contributed by atoms with Gasteiger partial charge in [0.2, 0.25) is 0 Å². The van der Waals surface area contributed by atoms with E-state index in [4.69, 9.17) is 23.2 Å². The van der Waals surface area contributed by atoms with E-state index in [1.807, 2.05) is 6.92 Å². The summed E-state index contributed by atoms with van der Waals surface area (Å²) in [7, 11) is 0. The van der Waals surface area contributed by atoms with Crippen molar-refractivity contribution in [2.24, 2.45) is 0 Å². The summed E-state index contributed by atoms with van der Waals surface area (Å²) < 4.78 is 13.8. The van der Waals surface area contributed by atoms with E-state index in [1.165, 1.54) is 0 Å². The first kappa shape index (κ1) is 10.7. The molecule has 2 rings (SSSR count). The van der Waals surface area contributed by atoms with Crippen molar-refractivity contribution < 1.29 is 4.39 Å². The number of aromatic nitrogens is 1. The summed E-state index contributed by atoms with van der Waals surface area (Å²) in [6, 6.07) is 5.02. The summed E-state index contributed by atoms with van der Waals surface area (Å²) in [5, 5.41) is 1.59. The molecule has 0 N–H and O–H groups in total. The normalized spacial score (nSPS) is 10.9. The minimum atomic E-state index is -0.334. The quantitative estimate of drug-likeness (QED) is 0.683. The molecule has 0 bridgehead atoms. The second-order valence-electron chi connectivity index (χ2n) is 3.18. The summed E-state index contributed by atoms with van der Waals surface area (Å²) in [5.74, 6) is -0.334. The molecule has 0 aliphatic heterocycles. The molecule has 1 aromatic heterocycles. The second-order valence-corrected chi connectivity index (χ2v) is 3.94. The van der Waals surface area contributed by atoms with E-state index >= 15 is 0 Å². The predicted octanol–water partition coefficient (Wildman–Crippen LogP) is 4.24. The zero-order chi connectivity index (χ0) is 11.0. The van der Waals surface area contributed by atoms with E-state index in [1.54, 1.807) is 18.2 Å². The zero-order valence-electron chi connectivity index (χ0n) is 8.02. The molecule has 0 unspecified atom stereocenters. The van der Waals surface area contributed by atoms with Crippen LogP contribution in [0.25, 0.3) is 10.8 Å². The minimum Gasteiger partial charge on any atom is -0.237 e. The maximum Gasteiger partial charge on any atom is 0.152 e. The highest BCUT2D eigenvalue weighted by molar-refractivity contribution is 6.41. The summed E-state index contributed by atoms with van der Waals surface area (Å²) in [4.78, 5) is 3.99. The third kappa shape index (κ3) is 1.68. The van der Waals surface area contributed by atoms with Crippen LogP contribution in [0.2, 0.25) is 10.2 Å². The van der Waals surface area contributed by atoms with Crippen molar-refractivity contribution in [1.82, 2.24) is 4.98 Å². The fraction of sp³-hybridized carbons (Fsp3) is 0.182. The highest BCUT2D eigenvalue weighted by Gasteiger charge is 2.13. The Morgan fingerprint density at radius 3 is 2.73 bits per heavy atom. The first-order valence-corrected chi connectivity index (χ1v) is 5.32. The molecule has 0 amide bonds. The number of hydrogen-bond donors (Lipinski definition) is 0. The largest absolute Gasteiger partial charge is 0.237 e. The molecular weight excluding hydrogens is 236 g/mol. The molecule has 1 nitrogen and oxygen atoms in total. The van der Waals surface area contributed by atoms with Crippen LogP contribution in [0.4, 0.5) is 4.39 Å². The molecule has 0 spiro atoms. The lowest BCUT2D eigenvalue weighted by atomic mass is 10.1. The number of nitrogens with zero attached hydrogens (tertiary/aromatic N) is 1. The van der Waals surface area contributed by atoms with Gasteiger partial charge in [0, 0.05) is 10.8 Å². The van der Waals surface area contributed by atoms with Crippen molar-refractivity contribution in [3.8, 4) is 0 Å². The van der Waals surface area contributed by atoms with E-state index in [-0.39, 0.29) is 11.0 Å². The van der Waals surface area contributed by atoms with Gasteiger partial charge in [-0.2, -0.15) is 0 Å². The lowest BCUT2D eigenvalue weighted by Gasteiger charge is -2.07. The Morgan fingerprint density at radius 2 is 2.07 bits per heavy atom. The Balaban J connectivity index is 2.93. The van der Waals surface area contributed by atoms with Crippen LogP contribution in [0.5, 0.6) is 0 Å². The Morgan fingerprint density at radius 1 is 1.33 bits per heavy atom. The molecule has 4 heteroatoms. The predicted molar refractivity (Wildman–Crippen MR) is 61.1 cm³/mol. The second kappa shape index (κ2) is 3.95. The summed E-state index contributed by atoms with van der Waals surface area (Å²) in [5.41, 5.74) is 0.370. The smallest absolute Gasteiger partial charge is 0.152 e. The number of pyridine rings is 1. The van der Waals surface area contributed by atoms with Gasteiger partial charge in [-0.1, -0.05) is 42.3 Å². The van der Waals surface area contributed by atoms with Crippen LogP contribution in [0.3, 0.4) is 0 Å². The fourth-order valence-corrected chi connectivity index (χ4v) is 2.15. The van der Waals surface area contributed by atoms with Crippen LogP contribution in [-0.4, -0.2) is 4.98 Å². The van der Waals surface area contributed by atoms with Gasteiger partial charge in [-0.25, -0.2) is 9.37 Å². The maximum absolute atomic E-state index is 13.8. The number of aryl methyl sites for hydroxylation is 1. The van der Waals surface area contributed by atoms with Crippen LogP contribution in [-0.2, 0) is 6.42 Å². The van der Waals surface area contributed by atoms with Gasteiger partial charge in [0.1, 0.15) is 5.15 Å². The first-order valence-electron chi connectivity index (χ1n) is 4.57. The van der Waals surface area contributed by atoms with Crippen LogP contribution >= 0.6 is 23.2 Å². The lowest BCUT2D eigenvalue weighted by molar-refractivity contribution is 0.614. The fourth-order valence-electron chi connectivity index (χ4n) is 1.53. The molecule has 78 valence electrons. The van der Waals surface area contributed by atoms with Gasteiger partial charge < -0.3 is 0 Å². The van der Waals surface area contributed by atoms with E-state index in [9.17, 15) is 4.39 Å². The number of benzene rings is 1. The minimum absolute atomic E-state index is 0.258. The highest BCUT2D eigenvalue weighted by Crippen LogP contribution is 2.31. The summed E-state index contributed by atoms with van der Waals surface area (Å²) in [6.45, 7) is 1.83. The van der Waals surface area contributed by atoms with Crippen molar-refractivity contribution in [3.63, 3.8) is 0 Å². The number of rotatable bonds is 1. The van der Waals surface area contributed by atoms with Crippen molar-refractivity contribution in [2.45, 2.75) is 13.3 Å².